The summed E-state index contributed by atoms with van der Waals surface area (Å²) < 4.78 is 18.4. The third-order valence-corrected chi connectivity index (χ3v) is 3.79. The fourth-order valence-corrected chi connectivity index (χ4v) is 2.46. The molecule has 5 nitrogen and oxygen atoms in total. The summed E-state index contributed by atoms with van der Waals surface area (Å²) in [5, 5.41) is 7.93. The van der Waals surface area contributed by atoms with Gasteiger partial charge in [-0.05, 0) is 30.3 Å². The van der Waals surface area contributed by atoms with Crippen LogP contribution < -0.4 is 5.73 Å². The molecule has 0 aliphatic rings. The Kier molecular flexibility index (Phi) is 3.83. The minimum absolute atomic E-state index is 0.304. The van der Waals surface area contributed by atoms with Crippen LogP contribution in [0.3, 0.4) is 0 Å². The van der Waals surface area contributed by atoms with Crippen LogP contribution in [0.15, 0.2) is 52.0 Å². The summed E-state index contributed by atoms with van der Waals surface area (Å²) in [7, 11) is 0. The number of nitrogens with two attached hydrogens (primary N) is 1. The van der Waals surface area contributed by atoms with Gasteiger partial charge in [0.25, 0.3) is 0 Å². The second-order valence-corrected chi connectivity index (χ2v) is 5.23. The SMILES string of the molecule is Nc1cnccc1SCc1nnc(-c2ccc(F)cc2)o1. The first-order valence-corrected chi connectivity index (χ1v) is 7.11. The van der Waals surface area contributed by atoms with Crippen LogP contribution in [0.25, 0.3) is 11.5 Å². The number of hydrogen-bond acceptors (Lipinski definition) is 6. The van der Waals surface area contributed by atoms with Gasteiger partial charge in [0.15, 0.2) is 0 Å². The van der Waals surface area contributed by atoms with E-state index >= 15 is 0 Å². The molecule has 0 radical (unpaired) electrons. The van der Waals surface area contributed by atoms with Gasteiger partial charge in [-0.3, -0.25) is 4.98 Å². The second kappa shape index (κ2) is 5.92. The smallest absolute Gasteiger partial charge is 0.247 e. The Hall–Kier alpha value is -2.41. The molecule has 2 N–H and O–H groups in total. The number of anilines is 1. The molecule has 2 aromatic heterocycles. The zero-order chi connectivity index (χ0) is 14.7. The van der Waals surface area contributed by atoms with E-state index in [0.29, 0.717) is 28.8 Å². The zero-order valence-electron chi connectivity index (χ0n) is 10.9. The Balaban J connectivity index is 1.71. The summed E-state index contributed by atoms with van der Waals surface area (Å²) in [6.45, 7) is 0. The van der Waals surface area contributed by atoms with Crippen LogP contribution in [-0.2, 0) is 5.75 Å². The van der Waals surface area contributed by atoms with E-state index in [1.54, 1.807) is 24.5 Å². The van der Waals surface area contributed by atoms with Crippen LogP contribution in [-0.4, -0.2) is 15.2 Å². The number of rotatable bonds is 4. The molecule has 3 aromatic rings. The number of nitrogens with zero attached hydrogens (tertiary/aromatic N) is 3. The van der Waals surface area contributed by atoms with Gasteiger partial charge in [0, 0.05) is 16.7 Å². The molecule has 7 heteroatoms. The third-order valence-electron chi connectivity index (χ3n) is 2.72. The van der Waals surface area contributed by atoms with Crippen LogP contribution in [0, 0.1) is 5.82 Å². The molecule has 0 atom stereocenters. The molecule has 0 spiro atoms. The van der Waals surface area contributed by atoms with Gasteiger partial charge in [0.05, 0.1) is 17.6 Å². The van der Waals surface area contributed by atoms with Gasteiger partial charge in [0.1, 0.15) is 5.82 Å². The van der Waals surface area contributed by atoms with Gasteiger partial charge in [-0.2, -0.15) is 0 Å². The van der Waals surface area contributed by atoms with Gasteiger partial charge in [-0.15, -0.1) is 22.0 Å². The maximum Gasteiger partial charge on any atom is 0.247 e. The van der Waals surface area contributed by atoms with Crippen molar-refractivity contribution in [3.63, 3.8) is 0 Å². The van der Waals surface area contributed by atoms with Gasteiger partial charge in [-0.1, -0.05) is 0 Å². The molecule has 3 rings (SSSR count). The van der Waals surface area contributed by atoms with Crippen molar-refractivity contribution in [2.75, 3.05) is 5.73 Å². The molecule has 106 valence electrons. The average Bonchev–Trinajstić information content (AvgIpc) is 2.96. The first kappa shape index (κ1) is 13.6. The monoisotopic (exact) mass is 302 g/mol. The summed E-state index contributed by atoms with van der Waals surface area (Å²) in [5.74, 6) is 1.05. The van der Waals surface area contributed by atoms with Crippen molar-refractivity contribution in [2.45, 2.75) is 10.6 Å². The first-order valence-electron chi connectivity index (χ1n) is 6.13. The molecule has 0 amide bonds. The van der Waals surface area contributed by atoms with Crippen LogP contribution >= 0.6 is 11.8 Å². The Morgan fingerprint density at radius 1 is 1.14 bits per heavy atom. The van der Waals surface area contributed by atoms with Crippen molar-refractivity contribution in [1.29, 1.82) is 0 Å². The molecular formula is C14H11FN4OS. The quantitative estimate of drug-likeness (QED) is 0.746. The van der Waals surface area contributed by atoms with E-state index in [2.05, 4.69) is 15.2 Å². The number of aromatic nitrogens is 3. The van der Waals surface area contributed by atoms with Crippen molar-refractivity contribution in [1.82, 2.24) is 15.2 Å². The van der Waals surface area contributed by atoms with E-state index in [1.807, 2.05) is 6.07 Å². The zero-order valence-corrected chi connectivity index (χ0v) is 11.7. The van der Waals surface area contributed by atoms with Crippen LogP contribution in [0.1, 0.15) is 5.89 Å². The fraction of sp³-hybridized carbons (Fsp3) is 0.0714. The summed E-state index contributed by atoms with van der Waals surface area (Å²) in [6, 6.07) is 7.73. The van der Waals surface area contributed by atoms with E-state index in [1.165, 1.54) is 23.9 Å². The summed E-state index contributed by atoms with van der Waals surface area (Å²) >= 11 is 1.49. The standard InChI is InChI=1S/C14H11FN4OS/c15-10-3-1-9(2-4-10)14-19-18-13(20-14)8-21-12-5-6-17-7-11(12)16/h1-7H,8,16H2. The number of thioether (sulfide) groups is 1. The highest BCUT2D eigenvalue weighted by Gasteiger charge is 2.09. The van der Waals surface area contributed by atoms with Crippen LogP contribution in [0.2, 0.25) is 0 Å². The minimum atomic E-state index is -0.304. The molecule has 0 fully saturated rings. The molecule has 0 saturated heterocycles. The highest BCUT2D eigenvalue weighted by Crippen LogP contribution is 2.27. The summed E-state index contributed by atoms with van der Waals surface area (Å²) in [5.41, 5.74) is 7.11. The Labute approximate surface area is 124 Å². The van der Waals surface area contributed by atoms with E-state index in [9.17, 15) is 4.39 Å². The molecule has 0 bridgehead atoms. The van der Waals surface area contributed by atoms with E-state index in [-0.39, 0.29) is 5.82 Å². The van der Waals surface area contributed by atoms with E-state index < -0.39 is 0 Å². The lowest BCUT2D eigenvalue weighted by Crippen LogP contribution is -1.89. The first-order chi connectivity index (χ1) is 10.2. The van der Waals surface area contributed by atoms with Crippen molar-refractivity contribution in [3.05, 3.63) is 54.4 Å². The Bertz CT molecular complexity index is 745. The number of nitrogen functional groups attached to an aromatic ring is 1. The predicted molar refractivity (Wildman–Crippen MR) is 77.9 cm³/mol. The maximum absolute atomic E-state index is 12.9. The lowest BCUT2D eigenvalue weighted by Gasteiger charge is -2.01. The lowest BCUT2D eigenvalue weighted by molar-refractivity contribution is 0.528. The molecule has 0 unspecified atom stereocenters. The fourth-order valence-electron chi connectivity index (χ4n) is 1.69. The van der Waals surface area contributed by atoms with Crippen molar-refractivity contribution >= 4 is 17.4 Å². The molecule has 0 aliphatic carbocycles. The largest absolute Gasteiger partial charge is 0.420 e. The van der Waals surface area contributed by atoms with Crippen molar-refractivity contribution in [3.8, 4) is 11.5 Å². The van der Waals surface area contributed by atoms with Gasteiger partial charge in [0.2, 0.25) is 11.8 Å². The molecular weight excluding hydrogens is 291 g/mol. The third kappa shape index (κ3) is 3.19. The molecule has 0 saturated carbocycles. The molecule has 0 aliphatic heterocycles. The van der Waals surface area contributed by atoms with Gasteiger partial charge in [-0.25, -0.2) is 4.39 Å². The number of hydrogen-bond donors (Lipinski definition) is 1. The molecule has 2 heterocycles. The number of pyridine rings is 1. The number of halogens is 1. The van der Waals surface area contributed by atoms with E-state index in [0.717, 1.165) is 4.90 Å². The van der Waals surface area contributed by atoms with Crippen molar-refractivity contribution in [2.24, 2.45) is 0 Å². The van der Waals surface area contributed by atoms with E-state index in [4.69, 9.17) is 10.2 Å². The normalized spacial score (nSPS) is 10.7. The highest BCUT2D eigenvalue weighted by atomic mass is 32.2. The summed E-state index contributed by atoms with van der Waals surface area (Å²) in [6.07, 6.45) is 3.27. The predicted octanol–water partition coefficient (Wildman–Crippen LogP) is 3.15. The molecule has 21 heavy (non-hydrogen) atoms. The number of benzene rings is 1. The van der Waals surface area contributed by atoms with Crippen LogP contribution in [0.5, 0.6) is 0 Å². The molecule has 1 aromatic carbocycles. The second-order valence-electron chi connectivity index (χ2n) is 4.21. The lowest BCUT2D eigenvalue weighted by atomic mass is 10.2. The Morgan fingerprint density at radius 3 is 2.71 bits per heavy atom. The highest BCUT2D eigenvalue weighted by molar-refractivity contribution is 7.98. The average molecular weight is 302 g/mol. The van der Waals surface area contributed by atoms with Gasteiger partial charge < -0.3 is 10.2 Å². The van der Waals surface area contributed by atoms with Crippen LogP contribution in [0.4, 0.5) is 10.1 Å². The topological polar surface area (TPSA) is 77.8 Å². The maximum atomic E-state index is 12.9. The Morgan fingerprint density at radius 2 is 1.95 bits per heavy atom. The summed E-state index contributed by atoms with van der Waals surface area (Å²) in [4.78, 5) is 4.84. The minimum Gasteiger partial charge on any atom is -0.420 e. The van der Waals surface area contributed by atoms with Crippen molar-refractivity contribution < 1.29 is 8.81 Å². The van der Waals surface area contributed by atoms with Gasteiger partial charge >= 0.3 is 0 Å².